The highest BCUT2D eigenvalue weighted by Gasteiger charge is 2.62. The zero-order valence-electron chi connectivity index (χ0n) is 17.1. The molecule has 0 aromatic carbocycles. The standard InChI is InChI=1S/C23H34O5/c1-15-18(9-6-10-21(26)27)23(28-2)14-13-20(25)17(22(15)23)11-12-19(24)16-7-4-3-5-8-16/h9,15-17,19-20,22,24-25H,3-8,10,13-14H2,1-2H3,(H,26,27)/t15?,17-,19?,20+,22+,23-/m0/s1. The molecule has 0 aromatic heterocycles. The summed E-state index contributed by atoms with van der Waals surface area (Å²) >= 11 is 0. The number of carboxylic acids is 1. The number of carbonyl (C=O) groups is 1. The van der Waals surface area contributed by atoms with Crippen LogP contribution in [0, 0.1) is 35.5 Å². The minimum atomic E-state index is -0.800. The van der Waals surface area contributed by atoms with Crippen LogP contribution in [0.1, 0.15) is 64.7 Å². The van der Waals surface area contributed by atoms with E-state index in [9.17, 15) is 15.0 Å². The van der Waals surface area contributed by atoms with Crippen molar-refractivity contribution in [3.63, 3.8) is 0 Å². The third kappa shape index (κ3) is 4.01. The molecule has 0 aromatic rings. The molecule has 3 N–H and O–H groups in total. The SMILES string of the molecule is CO[C@]12CC[C@@H](O)[C@H](C#CC(O)C3CCCCC3)[C@H]1C(C)C2=CCCC(=O)O. The summed E-state index contributed by atoms with van der Waals surface area (Å²) in [5.41, 5.74) is 0.694. The van der Waals surface area contributed by atoms with E-state index < -0.39 is 23.8 Å². The summed E-state index contributed by atoms with van der Waals surface area (Å²) in [4.78, 5) is 10.8. The number of allylic oxidation sites excluding steroid dienone is 1. The molecule has 3 aliphatic carbocycles. The fourth-order valence-electron chi connectivity index (χ4n) is 5.77. The van der Waals surface area contributed by atoms with Gasteiger partial charge in [-0.15, -0.1) is 0 Å². The van der Waals surface area contributed by atoms with Crippen LogP contribution in [0.5, 0.6) is 0 Å². The molecule has 5 heteroatoms. The van der Waals surface area contributed by atoms with Crippen LogP contribution in [-0.2, 0) is 9.53 Å². The molecule has 0 amide bonds. The first-order valence-electron chi connectivity index (χ1n) is 10.8. The number of carboxylic acid groups (broad SMARTS) is 1. The minimum Gasteiger partial charge on any atom is -0.481 e. The number of rotatable bonds is 5. The largest absolute Gasteiger partial charge is 0.481 e. The molecule has 3 aliphatic rings. The van der Waals surface area contributed by atoms with Gasteiger partial charge in [0.15, 0.2) is 0 Å². The molecule has 0 radical (unpaired) electrons. The summed E-state index contributed by atoms with van der Waals surface area (Å²) < 4.78 is 5.96. The molecule has 3 saturated carbocycles. The third-order valence-electron chi connectivity index (χ3n) is 7.25. The fraction of sp³-hybridized carbons (Fsp3) is 0.783. The second-order valence-corrected chi connectivity index (χ2v) is 8.76. The lowest BCUT2D eigenvalue weighted by Gasteiger charge is -2.61. The van der Waals surface area contributed by atoms with E-state index in [1.54, 1.807) is 7.11 Å². The molecule has 3 rings (SSSR count). The number of methoxy groups -OCH3 is 1. The zero-order chi connectivity index (χ0) is 20.3. The van der Waals surface area contributed by atoms with Gasteiger partial charge in [-0.1, -0.05) is 44.1 Å². The van der Waals surface area contributed by atoms with Crippen molar-refractivity contribution < 1.29 is 24.9 Å². The Kier molecular flexibility index (Phi) is 6.85. The number of hydrogen-bond donors (Lipinski definition) is 3. The lowest BCUT2D eigenvalue weighted by Crippen LogP contribution is -2.64. The first kappa shape index (κ1) is 21.4. The van der Waals surface area contributed by atoms with Gasteiger partial charge in [0.25, 0.3) is 0 Å². The van der Waals surface area contributed by atoms with Crippen molar-refractivity contribution in [2.75, 3.05) is 7.11 Å². The first-order chi connectivity index (χ1) is 13.4. The number of aliphatic hydroxyl groups excluding tert-OH is 2. The van der Waals surface area contributed by atoms with Crippen molar-refractivity contribution in [1.82, 2.24) is 0 Å². The predicted molar refractivity (Wildman–Crippen MR) is 106 cm³/mol. The van der Waals surface area contributed by atoms with Gasteiger partial charge in [-0.3, -0.25) is 4.79 Å². The average molecular weight is 391 g/mol. The van der Waals surface area contributed by atoms with Gasteiger partial charge in [-0.05, 0) is 49.5 Å². The molecule has 3 fully saturated rings. The summed E-state index contributed by atoms with van der Waals surface area (Å²) in [6.45, 7) is 2.11. The van der Waals surface area contributed by atoms with Crippen molar-refractivity contribution in [2.45, 2.75) is 82.5 Å². The number of ether oxygens (including phenoxy) is 1. The zero-order valence-corrected chi connectivity index (χ0v) is 17.1. The summed E-state index contributed by atoms with van der Waals surface area (Å²) in [7, 11) is 1.70. The number of aliphatic hydroxyl groups is 2. The maximum absolute atomic E-state index is 10.8. The topological polar surface area (TPSA) is 87.0 Å². The molecule has 2 unspecified atom stereocenters. The van der Waals surface area contributed by atoms with Crippen LogP contribution in [0.25, 0.3) is 0 Å². The van der Waals surface area contributed by atoms with Crippen molar-refractivity contribution in [2.24, 2.45) is 23.7 Å². The minimum absolute atomic E-state index is 0.0726. The summed E-state index contributed by atoms with van der Waals surface area (Å²) in [6.07, 6.45) is 8.43. The predicted octanol–water partition coefficient (Wildman–Crippen LogP) is 3.14. The number of aliphatic carboxylic acids is 1. The molecule has 28 heavy (non-hydrogen) atoms. The second-order valence-electron chi connectivity index (χ2n) is 8.76. The fourth-order valence-corrected chi connectivity index (χ4v) is 5.77. The van der Waals surface area contributed by atoms with Crippen LogP contribution in [0.3, 0.4) is 0 Å². The molecule has 0 heterocycles. The van der Waals surface area contributed by atoms with Crippen LogP contribution >= 0.6 is 0 Å². The number of fused-ring (bicyclic) bond motifs is 1. The first-order valence-corrected chi connectivity index (χ1v) is 10.8. The van der Waals surface area contributed by atoms with E-state index in [1.807, 2.05) is 6.08 Å². The van der Waals surface area contributed by atoms with Crippen LogP contribution < -0.4 is 0 Å². The van der Waals surface area contributed by atoms with Crippen molar-refractivity contribution >= 4 is 5.97 Å². The van der Waals surface area contributed by atoms with Gasteiger partial charge in [0.1, 0.15) is 6.10 Å². The van der Waals surface area contributed by atoms with E-state index in [2.05, 4.69) is 18.8 Å². The monoisotopic (exact) mass is 390 g/mol. The van der Waals surface area contributed by atoms with Gasteiger partial charge in [0, 0.05) is 19.4 Å². The Morgan fingerprint density at radius 1 is 1.32 bits per heavy atom. The molecule has 156 valence electrons. The van der Waals surface area contributed by atoms with Gasteiger partial charge in [-0.2, -0.15) is 0 Å². The van der Waals surface area contributed by atoms with E-state index in [0.717, 1.165) is 37.7 Å². The van der Waals surface area contributed by atoms with Crippen molar-refractivity contribution in [3.8, 4) is 11.8 Å². The van der Waals surface area contributed by atoms with E-state index >= 15 is 0 Å². The highest BCUT2D eigenvalue weighted by atomic mass is 16.5. The Bertz CT molecular complexity index is 654. The Morgan fingerprint density at radius 3 is 2.68 bits per heavy atom. The lowest BCUT2D eigenvalue weighted by atomic mass is 9.48. The number of hydrogen-bond acceptors (Lipinski definition) is 4. The summed E-state index contributed by atoms with van der Waals surface area (Å²) in [5.74, 6) is 5.79. The molecule has 0 aliphatic heterocycles. The Morgan fingerprint density at radius 2 is 2.04 bits per heavy atom. The van der Waals surface area contributed by atoms with Crippen molar-refractivity contribution in [3.05, 3.63) is 11.6 Å². The van der Waals surface area contributed by atoms with E-state index in [1.165, 1.54) is 6.42 Å². The average Bonchev–Trinajstić information content (AvgIpc) is 2.70. The summed E-state index contributed by atoms with van der Waals surface area (Å²) in [6, 6.07) is 0. The van der Waals surface area contributed by atoms with Crippen LogP contribution in [0.4, 0.5) is 0 Å². The lowest BCUT2D eigenvalue weighted by molar-refractivity contribution is -0.162. The molecule has 6 atom stereocenters. The maximum Gasteiger partial charge on any atom is 0.303 e. The van der Waals surface area contributed by atoms with Gasteiger partial charge in [-0.25, -0.2) is 0 Å². The molecule has 0 bridgehead atoms. The summed E-state index contributed by atoms with van der Waals surface area (Å²) in [5, 5.41) is 30.1. The van der Waals surface area contributed by atoms with Gasteiger partial charge in [0.2, 0.25) is 0 Å². The van der Waals surface area contributed by atoms with Gasteiger partial charge < -0.3 is 20.1 Å². The van der Waals surface area contributed by atoms with Gasteiger partial charge >= 0.3 is 5.97 Å². The quantitative estimate of drug-likeness (QED) is 0.496. The molecule has 5 nitrogen and oxygen atoms in total. The van der Waals surface area contributed by atoms with Crippen LogP contribution in [0.15, 0.2) is 11.6 Å². The second kappa shape index (κ2) is 8.98. The molecule has 0 spiro atoms. The Balaban J connectivity index is 1.76. The Hall–Kier alpha value is -1.35. The van der Waals surface area contributed by atoms with Crippen LogP contribution in [-0.4, -0.2) is 46.2 Å². The highest BCUT2D eigenvalue weighted by Crippen LogP contribution is 2.60. The Labute approximate surface area is 168 Å². The third-order valence-corrected chi connectivity index (χ3v) is 7.25. The molecular formula is C23H34O5. The highest BCUT2D eigenvalue weighted by molar-refractivity contribution is 5.66. The van der Waals surface area contributed by atoms with Gasteiger partial charge in [0.05, 0.1) is 17.6 Å². The smallest absolute Gasteiger partial charge is 0.303 e. The van der Waals surface area contributed by atoms with Crippen LogP contribution in [0.2, 0.25) is 0 Å². The van der Waals surface area contributed by atoms with Crippen molar-refractivity contribution in [1.29, 1.82) is 0 Å². The van der Waals surface area contributed by atoms with E-state index in [4.69, 9.17) is 9.84 Å². The van der Waals surface area contributed by atoms with E-state index in [-0.39, 0.29) is 30.1 Å². The van der Waals surface area contributed by atoms with E-state index in [0.29, 0.717) is 12.8 Å². The maximum atomic E-state index is 10.8. The molecular weight excluding hydrogens is 356 g/mol. The molecule has 0 saturated heterocycles. The normalized spacial score (nSPS) is 38.1.